The van der Waals surface area contributed by atoms with Crippen molar-refractivity contribution in [2.75, 3.05) is 0 Å². The zero-order valence-electron chi connectivity index (χ0n) is 10.0. The van der Waals surface area contributed by atoms with E-state index in [1.807, 2.05) is 0 Å². The Hall–Kier alpha value is -1.04. The summed E-state index contributed by atoms with van der Waals surface area (Å²) in [7, 11) is 0. The largest absolute Gasteiger partial charge is 0.0706 e. The van der Waals surface area contributed by atoms with Crippen molar-refractivity contribution in [2.45, 2.75) is 45.4 Å². The lowest BCUT2D eigenvalue weighted by Crippen LogP contribution is -2.10. The van der Waals surface area contributed by atoms with E-state index in [1.165, 1.54) is 30.4 Å². The molecule has 0 bridgehead atoms. The number of unbranched alkanes of at least 4 members (excludes halogenated alkanes) is 1. The highest BCUT2D eigenvalue weighted by atomic mass is 14.3. The molecule has 0 fully saturated rings. The van der Waals surface area contributed by atoms with Crippen LogP contribution in [0.25, 0.3) is 5.57 Å². The van der Waals surface area contributed by atoms with Gasteiger partial charge in [0.2, 0.25) is 0 Å². The lowest BCUT2D eigenvalue weighted by Gasteiger charge is -2.16. The molecule has 0 heteroatoms. The van der Waals surface area contributed by atoms with Gasteiger partial charge in [0.25, 0.3) is 0 Å². The van der Waals surface area contributed by atoms with Crippen LogP contribution in [0.4, 0.5) is 0 Å². The van der Waals surface area contributed by atoms with E-state index in [-0.39, 0.29) is 5.41 Å². The highest BCUT2D eigenvalue weighted by molar-refractivity contribution is 5.76. The van der Waals surface area contributed by atoms with Crippen LogP contribution in [0, 0.1) is 0 Å². The molecule has 0 heterocycles. The van der Waals surface area contributed by atoms with Gasteiger partial charge in [-0.25, -0.2) is 0 Å². The maximum atomic E-state index is 2.45. The Balaban J connectivity index is 2.35. The number of hydrogen-bond acceptors (Lipinski definition) is 0. The van der Waals surface area contributed by atoms with Crippen molar-refractivity contribution in [2.24, 2.45) is 0 Å². The SMILES string of the molecule is CCCCC1=CC(C)(C)c2ccccc21. The van der Waals surface area contributed by atoms with Crippen LogP contribution in [0.2, 0.25) is 0 Å². The summed E-state index contributed by atoms with van der Waals surface area (Å²) in [4.78, 5) is 0. The van der Waals surface area contributed by atoms with Gasteiger partial charge in [-0.3, -0.25) is 0 Å². The first-order valence-electron chi connectivity index (χ1n) is 5.97. The second-order valence-corrected chi connectivity index (χ2v) is 5.04. The third kappa shape index (κ3) is 1.86. The average molecular weight is 200 g/mol. The average Bonchev–Trinajstić information content (AvgIpc) is 2.49. The molecule has 0 atom stereocenters. The molecule has 1 aromatic carbocycles. The molecule has 1 aromatic rings. The second kappa shape index (κ2) is 3.84. The van der Waals surface area contributed by atoms with Gasteiger partial charge in [-0.05, 0) is 29.5 Å². The van der Waals surface area contributed by atoms with Crippen LogP contribution in [0.5, 0.6) is 0 Å². The molecule has 0 N–H and O–H groups in total. The molecule has 2 rings (SSSR count). The Kier molecular flexibility index (Phi) is 2.68. The molecular weight excluding hydrogens is 180 g/mol. The van der Waals surface area contributed by atoms with Crippen LogP contribution in [0.15, 0.2) is 30.3 Å². The molecule has 0 aromatic heterocycles. The van der Waals surface area contributed by atoms with Crippen LogP contribution < -0.4 is 0 Å². The number of rotatable bonds is 3. The van der Waals surface area contributed by atoms with E-state index < -0.39 is 0 Å². The summed E-state index contributed by atoms with van der Waals surface area (Å²) in [5.74, 6) is 0. The van der Waals surface area contributed by atoms with Crippen molar-refractivity contribution in [3.05, 3.63) is 41.5 Å². The van der Waals surface area contributed by atoms with E-state index in [2.05, 4.69) is 51.1 Å². The molecule has 0 nitrogen and oxygen atoms in total. The fourth-order valence-corrected chi connectivity index (χ4v) is 2.49. The fraction of sp³-hybridized carbons (Fsp3) is 0.467. The fourth-order valence-electron chi connectivity index (χ4n) is 2.49. The van der Waals surface area contributed by atoms with Crippen molar-refractivity contribution in [1.82, 2.24) is 0 Å². The van der Waals surface area contributed by atoms with E-state index in [4.69, 9.17) is 0 Å². The highest BCUT2D eigenvalue weighted by Gasteiger charge is 2.28. The lowest BCUT2D eigenvalue weighted by molar-refractivity contribution is 0.682. The van der Waals surface area contributed by atoms with Crippen LogP contribution in [-0.4, -0.2) is 0 Å². The third-order valence-electron chi connectivity index (χ3n) is 3.30. The van der Waals surface area contributed by atoms with Crippen LogP contribution >= 0.6 is 0 Å². The van der Waals surface area contributed by atoms with Crippen molar-refractivity contribution in [3.8, 4) is 0 Å². The van der Waals surface area contributed by atoms with Gasteiger partial charge in [0.05, 0.1) is 0 Å². The summed E-state index contributed by atoms with van der Waals surface area (Å²) in [6.07, 6.45) is 6.26. The van der Waals surface area contributed by atoms with Crippen LogP contribution in [0.1, 0.15) is 51.2 Å². The van der Waals surface area contributed by atoms with Gasteiger partial charge in [-0.15, -0.1) is 0 Å². The van der Waals surface area contributed by atoms with E-state index in [0.717, 1.165) is 0 Å². The smallest absolute Gasteiger partial charge is 0.00873 e. The van der Waals surface area contributed by atoms with E-state index in [0.29, 0.717) is 0 Å². The molecule has 15 heavy (non-hydrogen) atoms. The Morgan fingerprint density at radius 3 is 2.60 bits per heavy atom. The maximum Gasteiger partial charge on any atom is 0.00873 e. The summed E-state index contributed by atoms with van der Waals surface area (Å²) in [6.45, 7) is 6.88. The predicted octanol–water partition coefficient (Wildman–Crippen LogP) is 4.55. The first-order valence-corrected chi connectivity index (χ1v) is 5.97. The first kappa shape index (κ1) is 10.5. The molecule has 0 spiro atoms. The highest BCUT2D eigenvalue weighted by Crippen LogP contribution is 2.41. The monoisotopic (exact) mass is 200 g/mol. The molecule has 0 unspecified atom stereocenters. The summed E-state index contributed by atoms with van der Waals surface area (Å²) >= 11 is 0. The first-order chi connectivity index (χ1) is 7.15. The summed E-state index contributed by atoms with van der Waals surface area (Å²) < 4.78 is 0. The zero-order chi connectivity index (χ0) is 10.9. The molecular formula is C15H20. The predicted molar refractivity (Wildman–Crippen MR) is 67.0 cm³/mol. The summed E-state index contributed by atoms with van der Waals surface area (Å²) in [6, 6.07) is 8.84. The normalized spacial score (nSPS) is 17.4. The number of allylic oxidation sites excluding steroid dienone is 2. The van der Waals surface area contributed by atoms with Gasteiger partial charge in [0.1, 0.15) is 0 Å². The van der Waals surface area contributed by atoms with Crippen LogP contribution in [-0.2, 0) is 5.41 Å². The molecule has 0 saturated heterocycles. The number of benzene rings is 1. The van der Waals surface area contributed by atoms with Crippen molar-refractivity contribution in [3.63, 3.8) is 0 Å². The minimum absolute atomic E-state index is 0.236. The lowest BCUT2D eigenvalue weighted by atomic mass is 9.87. The molecule has 0 amide bonds. The van der Waals surface area contributed by atoms with Crippen molar-refractivity contribution >= 4 is 5.57 Å². The maximum absolute atomic E-state index is 2.45. The van der Waals surface area contributed by atoms with E-state index in [9.17, 15) is 0 Å². The van der Waals surface area contributed by atoms with Gasteiger partial charge in [0, 0.05) is 5.41 Å². The van der Waals surface area contributed by atoms with Gasteiger partial charge in [-0.1, -0.05) is 57.5 Å². The van der Waals surface area contributed by atoms with Gasteiger partial charge in [-0.2, -0.15) is 0 Å². The van der Waals surface area contributed by atoms with Crippen LogP contribution in [0.3, 0.4) is 0 Å². The quantitative estimate of drug-likeness (QED) is 0.671. The molecule has 1 aliphatic carbocycles. The standard InChI is InChI=1S/C15H20/c1-4-5-8-12-11-15(2,3)14-10-7-6-9-13(12)14/h6-7,9-11H,4-5,8H2,1-3H3. The third-order valence-corrected chi connectivity index (χ3v) is 3.30. The minimum atomic E-state index is 0.236. The van der Waals surface area contributed by atoms with Crippen molar-refractivity contribution in [1.29, 1.82) is 0 Å². The zero-order valence-corrected chi connectivity index (χ0v) is 10.0. The number of hydrogen-bond donors (Lipinski definition) is 0. The summed E-state index contributed by atoms with van der Waals surface area (Å²) in [5.41, 5.74) is 4.77. The van der Waals surface area contributed by atoms with Gasteiger partial charge in [0.15, 0.2) is 0 Å². The van der Waals surface area contributed by atoms with Gasteiger partial charge < -0.3 is 0 Å². The Bertz CT molecular complexity index is 383. The topological polar surface area (TPSA) is 0 Å². The van der Waals surface area contributed by atoms with E-state index in [1.54, 1.807) is 5.57 Å². The molecule has 0 radical (unpaired) electrons. The minimum Gasteiger partial charge on any atom is -0.0706 e. The van der Waals surface area contributed by atoms with Gasteiger partial charge >= 0.3 is 0 Å². The second-order valence-electron chi connectivity index (χ2n) is 5.04. The molecule has 0 saturated carbocycles. The molecule has 1 aliphatic rings. The Labute approximate surface area is 93.0 Å². The Morgan fingerprint density at radius 2 is 1.87 bits per heavy atom. The number of fused-ring (bicyclic) bond motifs is 1. The van der Waals surface area contributed by atoms with Crippen molar-refractivity contribution < 1.29 is 0 Å². The van der Waals surface area contributed by atoms with E-state index >= 15 is 0 Å². The molecule has 0 aliphatic heterocycles. The molecule has 80 valence electrons. The Morgan fingerprint density at radius 1 is 1.13 bits per heavy atom. The summed E-state index contributed by atoms with van der Waals surface area (Å²) in [5, 5.41) is 0.